The van der Waals surface area contributed by atoms with Crippen LogP contribution in [0.25, 0.3) is 0 Å². The maximum Gasteiger partial charge on any atom is 0.252 e. The summed E-state index contributed by atoms with van der Waals surface area (Å²) < 4.78 is 5.46. The number of carbonyl (C=O) groups is 1. The third-order valence-electron chi connectivity index (χ3n) is 3.83. The number of nitrogen functional groups attached to an aromatic ring is 1. The summed E-state index contributed by atoms with van der Waals surface area (Å²) in [5.41, 5.74) is 9.15. The molecule has 2 heterocycles. The van der Waals surface area contributed by atoms with Gasteiger partial charge in [0.05, 0.1) is 0 Å². The van der Waals surface area contributed by atoms with Crippen LogP contribution in [0.1, 0.15) is 24.0 Å². The monoisotopic (exact) mass is 246 g/mol. The fourth-order valence-corrected chi connectivity index (χ4v) is 2.77. The van der Waals surface area contributed by atoms with E-state index in [9.17, 15) is 4.79 Å². The zero-order chi connectivity index (χ0) is 12.5. The molecule has 96 valence electrons. The van der Waals surface area contributed by atoms with Gasteiger partial charge < -0.3 is 15.4 Å². The van der Waals surface area contributed by atoms with Gasteiger partial charge >= 0.3 is 0 Å². The zero-order valence-electron chi connectivity index (χ0n) is 10.4. The van der Waals surface area contributed by atoms with Gasteiger partial charge in [-0.25, -0.2) is 0 Å². The van der Waals surface area contributed by atoms with Crippen molar-refractivity contribution in [3.8, 4) is 0 Å². The van der Waals surface area contributed by atoms with Gasteiger partial charge in [0.2, 0.25) is 0 Å². The molecule has 1 atom stereocenters. The number of anilines is 1. The van der Waals surface area contributed by atoms with E-state index < -0.39 is 0 Å². The number of fused-ring (bicyclic) bond motifs is 1. The van der Waals surface area contributed by atoms with Crippen LogP contribution in [-0.4, -0.2) is 30.1 Å². The van der Waals surface area contributed by atoms with Crippen LogP contribution >= 0.6 is 0 Å². The summed E-state index contributed by atoms with van der Waals surface area (Å²) >= 11 is 0. The second kappa shape index (κ2) is 4.61. The minimum atomic E-state index is -0.225. The lowest BCUT2D eigenvalue weighted by molar-refractivity contribution is -0.141. The quantitative estimate of drug-likeness (QED) is 0.761. The van der Waals surface area contributed by atoms with Crippen LogP contribution < -0.4 is 5.73 Å². The molecule has 0 bridgehead atoms. The molecule has 0 saturated carbocycles. The number of nitrogens with zero attached hydrogens (tertiary/aromatic N) is 1. The van der Waals surface area contributed by atoms with Gasteiger partial charge in [0.1, 0.15) is 6.10 Å². The summed E-state index contributed by atoms with van der Waals surface area (Å²) in [5.74, 6) is 0.126. The molecule has 0 aliphatic carbocycles. The molecular formula is C14H18N2O2. The highest BCUT2D eigenvalue weighted by molar-refractivity contribution is 5.81. The Bertz CT molecular complexity index is 467. The number of nitrogens with two attached hydrogens (primary N) is 1. The van der Waals surface area contributed by atoms with Crippen molar-refractivity contribution in [2.24, 2.45) is 0 Å². The predicted molar refractivity (Wildman–Crippen MR) is 68.9 cm³/mol. The van der Waals surface area contributed by atoms with Crippen LogP contribution in [0, 0.1) is 0 Å². The van der Waals surface area contributed by atoms with Crippen LogP contribution in [0.4, 0.5) is 5.69 Å². The predicted octanol–water partition coefficient (Wildman–Crippen LogP) is 1.33. The first kappa shape index (κ1) is 11.5. The summed E-state index contributed by atoms with van der Waals surface area (Å²) in [7, 11) is 0. The Morgan fingerprint density at radius 3 is 3.11 bits per heavy atom. The third-order valence-corrected chi connectivity index (χ3v) is 3.83. The Hall–Kier alpha value is -1.55. The van der Waals surface area contributed by atoms with E-state index >= 15 is 0 Å². The Kier molecular flexibility index (Phi) is 2.96. The molecule has 0 aromatic heterocycles. The normalized spacial score (nSPS) is 22.9. The first-order valence-corrected chi connectivity index (χ1v) is 6.52. The molecule has 1 saturated heterocycles. The van der Waals surface area contributed by atoms with E-state index in [-0.39, 0.29) is 12.0 Å². The fourth-order valence-electron chi connectivity index (χ4n) is 2.77. The Balaban J connectivity index is 1.78. The molecular weight excluding hydrogens is 228 g/mol. The molecule has 1 aromatic rings. The molecule has 4 nitrogen and oxygen atoms in total. The summed E-state index contributed by atoms with van der Waals surface area (Å²) in [4.78, 5) is 14.2. The van der Waals surface area contributed by atoms with Crippen molar-refractivity contribution >= 4 is 11.6 Å². The maximum absolute atomic E-state index is 12.3. The van der Waals surface area contributed by atoms with Crippen molar-refractivity contribution in [2.45, 2.75) is 31.9 Å². The van der Waals surface area contributed by atoms with E-state index in [1.54, 1.807) is 0 Å². The maximum atomic E-state index is 12.3. The lowest BCUT2D eigenvalue weighted by Crippen LogP contribution is -2.42. The molecule has 1 amide bonds. The molecule has 1 unspecified atom stereocenters. The number of benzene rings is 1. The van der Waals surface area contributed by atoms with Gasteiger partial charge in [0.15, 0.2) is 0 Å². The van der Waals surface area contributed by atoms with E-state index in [0.717, 1.165) is 37.1 Å². The van der Waals surface area contributed by atoms with Gasteiger partial charge in [-0.2, -0.15) is 0 Å². The van der Waals surface area contributed by atoms with Crippen LogP contribution in [-0.2, 0) is 22.5 Å². The van der Waals surface area contributed by atoms with Crippen molar-refractivity contribution in [3.63, 3.8) is 0 Å². The van der Waals surface area contributed by atoms with Crippen molar-refractivity contribution < 1.29 is 9.53 Å². The minimum absolute atomic E-state index is 0.126. The molecule has 1 fully saturated rings. The largest absolute Gasteiger partial charge is 0.398 e. The first-order chi connectivity index (χ1) is 8.75. The number of hydrogen-bond donors (Lipinski definition) is 1. The highest BCUT2D eigenvalue weighted by Crippen LogP contribution is 2.26. The van der Waals surface area contributed by atoms with E-state index in [2.05, 4.69) is 6.07 Å². The van der Waals surface area contributed by atoms with Crippen molar-refractivity contribution in [1.82, 2.24) is 4.90 Å². The van der Waals surface area contributed by atoms with Gasteiger partial charge in [-0.3, -0.25) is 4.79 Å². The van der Waals surface area contributed by atoms with Crippen LogP contribution in [0.2, 0.25) is 0 Å². The Labute approximate surface area is 107 Å². The summed E-state index contributed by atoms with van der Waals surface area (Å²) in [6.07, 6.45) is 2.50. The van der Waals surface area contributed by atoms with Crippen molar-refractivity contribution in [1.29, 1.82) is 0 Å². The second-order valence-electron chi connectivity index (χ2n) is 5.00. The molecule has 2 aliphatic heterocycles. The molecule has 18 heavy (non-hydrogen) atoms. The second-order valence-corrected chi connectivity index (χ2v) is 5.00. The molecule has 0 radical (unpaired) electrons. The van der Waals surface area contributed by atoms with Crippen LogP contribution in [0.5, 0.6) is 0 Å². The third kappa shape index (κ3) is 1.97. The topological polar surface area (TPSA) is 55.6 Å². The zero-order valence-corrected chi connectivity index (χ0v) is 10.4. The summed E-state index contributed by atoms with van der Waals surface area (Å²) in [5, 5.41) is 0. The van der Waals surface area contributed by atoms with Crippen molar-refractivity contribution in [3.05, 3.63) is 29.3 Å². The fraction of sp³-hybridized carbons (Fsp3) is 0.500. The minimum Gasteiger partial charge on any atom is -0.398 e. The lowest BCUT2D eigenvalue weighted by Gasteiger charge is -2.31. The van der Waals surface area contributed by atoms with E-state index in [1.165, 1.54) is 5.56 Å². The van der Waals surface area contributed by atoms with Gasteiger partial charge in [0, 0.05) is 25.4 Å². The molecule has 1 aromatic carbocycles. The average Bonchev–Trinajstić information content (AvgIpc) is 2.92. The molecule has 3 rings (SSSR count). The van der Waals surface area contributed by atoms with E-state index in [4.69, 9.17) is 10.5 Å². The molecule has 2 aliphatic rings. The summed E-state index contributed by atoms with van der Waals surface area (Å²) in [6.45, 7) is 2.11. The van der Waals surface area contributed by atoms with Gasteiger partial charge in [-0.05, 0) is 36.5 Å². The van der Waals surface area contributed by atoms with Crippen LogP contribution in [0.3, 0.4) is 0 Å². The number of hydrogen-bond acceptors (Lipinski definition) is 3. The molecule has 2 N–H and O–H groups in total. The number of carbonyl (C=O) groups excluding carboxylic acids is 1. The smallest absolute Gasteiger partial charge is 0.252 e. The van der Waals surface area contributed by atoms with Gasteiger partial charge in [0.25, 0.3) is 5.91 Å². The summed E-state index contributed by atoms with van der Waals surface area (Å²) in [6, 6.07) is 5.98. The highest BCUT2D eigenvalue weighted by Gasteiger charge is 2.30. The standard InChI is InChI=1S/C14H18N2O2/c15-12-4-1-3-10-6-7-16(9-11(10)12)14(17)13-5-2-8-18-13/h1,3-4,13H,2,5-9,15H2. The molecule has 0 spiro atoms. The Morgan fingerprint density at radius 1 is 1.44 bits per heavy atom. The van der Waals surface area contributed by atoms with Gasteiger partial charge in [-0.15, -0.1) is 0 Å². The van der Waals surface area contributed by atoms with Crippen LogP contribution in [0.15, 0.2) is 18.2 Å². The highest BCUT2D eigenvalue weighted by atomic mass is 16.5. The average molecular weight is 246 g/mol. The Morgan fingerprint density at radius 2 is 2.33 bits per heavy atom. The van der Waals surface area contributed by atoms with E-state index in [1.807, 2.05) is 17.0 Å². The SMILES string of the molecule is Nc1cccc2c1CN(C(=O)C1CCCO1)CC2. The number of ether oxygens (including phenoxy) is 1. The number of rotatable bonds is 1. The molecule has 4 heteroatoms. The van der Waals surface area contributed by atoms with Gasteiger partial charge in [-0.1, -0.05) is 12.1 Å². The van der Waals surface area contributed by atoms with Crippen molar-refractivity contribution in [2.75, 3.05) is 18.9 Å². The number of amides is 1. The van der Waals surface area contributed by atoms with E-state index in [0.29, 0.717) is 13.2 Å². The first-order valence-electron chi connectivity index (χ1n) is 6.52. The lowest BCUT2D eigenvalue weighted by atomic mass is 9.97.